The monoisotopic (exact) mass is 397 g/mol. The molecule has 0 aromatic rings. The van der Waals surface area contributed by atoms with Crippen molar-refractivity contribution >= 4 is 29.9 Å². The van der Waals surface area contributed by atoms with Gasteiger partial charge in [-0.15, -0.1) is 24.0 Å². The normalized spacial score (nSPS) is 16.1. The molecule has 1 aliphatic carbocycles. The van der Waals surface area contributed by atoms with Gasteiger partial charge in [-0.3, -0.25) is 4.99 Å². The summed E-state index contributed by atoms with van der Waals surface area (Å²) in [7, 11) is 3.94. The average molecular weight is 397 g/mol. The number of nitrogens with one attached hydrogen (secondary N) is 1. The summed E-state index contributed by atoms with van der Waals surface area (Å²) in [6, 6.07) is 0. The second kappa shape index (κ2) is 12.7. The molecule has 1 rings (SSSR count). The molecule has 0 heterocycles. The van der Waals surface area contributed by atoms with Crippen LogP contribution in [0.2, 0.25) is 0 Å². The maximum atomic E-state index is 5.85. The van der Waals surface area contributed by atoms with Gasteiger partial charge < -0.3 is 15.0 Å². The molecule has 1 aliphatic rings. The maximum Gasteiger partial charge on any atom is 0.193 e. The van der Waals surface area contributed by atoms with E-state index in [4.69, 9.17) is 4.74 Å². The Kier molecular flexibility index (Phi) is 12.7. The molecule has 4 nitrogen and oxygen atoms in total. The summed E-state index contributed by atoms with van der Waals surface area (Å²) >= 11 is 0. The van der Waals surface area contributed by atoms with Crippen LogP contribution in [0.1, 0.15) is 51.9 Å². The van der Waals surface area contributed by atoms with Crippen LogP contribution in [0.3, 0.4) is 0 Å². The highest BCUT2D eigenvalue weighted by molar-refractivity contribution is 14.0. The predicted octanol–water partition coefficient (Wildman–Crippen LogP) is 3.26. The third-order valence-corrected chi connectivity index (χ3v) is 3.68. The first-order valence-corrected chi connectivity index (χ1v) is 7.81. The lowest BCUT2D eigenvalue weighted by atomic mass is 10.3. The van der Waals surface area contributed by atoms with Crippen molar-refractivity contribution in [3.8, 4) is 0 Å². The Morgan fingerprint density at radius 2 is 2.00 bits per heavy atom. The van der Waals surface area contributed by atoms with Crippen molar-refractivity contribution in [2.75, 3.05) is 33.8 Å². The van der Waals surface area contributed by atoms with E-state index in [-0.39, 0.29) is 24.0 Å². The summed E-state index contributed by atoms with van der Waals surface area (Å²) in [4.78, 5) is 6.50. The molecule has 0 atom stereocenters. The van der Waals surface area contributed by atoms with Crippen molar-refractivity contribution < 1.29 is 4.74 Å². The Balaban J connectivity index is 0.00000361. The molecule has 1 saturated carbocycles. The van der Waals surface area contributed by atoms with Crippen LogP contribution in [0.25, 0.3) is 0 Å². The molecular formula is C15H32IN3O. The second-order valence-electron chi connectivity index (χ2n) is 5.38. The number of hydrogen-bond donors (Lipinski definition) is 1. The van der Waals surface area contributed by atoms with Crippen LogP contribution in [0.15, 0.2) is 4.99 Å². The fourth-order valence-corrected chi connectivity index (χ4v) is 2.46. The molecule has 0 aromatic heterocycles. The Hall–Kier alpha value is -0.0400. The fourth-order valence-electron chi connectivity index (χ4n) is 2.46. The highest BCUT2D eigenvalue weighted by atomic mass is 127. The summed E-state index contributed by atoms with van der Waals surface area (Å²) in [6.45, 7) is 5.09. The number of halogens is 1. The van der Waals surface area contributed by atoms with Gasteiger partial charge in [-0.1, -0.05) is 26.2 Å². The highest BCUT2D eigenvalue weighted by Crippen LogP contribution is 2.20. The molecular weight excluding hydrogens is 365 g/mol. The zero-order chi connectivity index (χ0) is 13.9. The molecule has 0 saturated heterocycles. The van der Waals surface area contributed by atoms with Crippen LogP contribution in [-0.4, -0.2) is 50.8 Å². The largest absolute Gasteiger partial charge is 0.378 e. The molecule has 120 valence electrons. The van der Waals surface area contributed by atoms with E-state index >= 15 is 0 Å². The van der Waals surface area contributed by atoms with E-state index < -0.39 is 0 Å². The van der Waals surface area contributed by atoms with Crippen LogP contribution in [0, 0.1) is 0 Å². The average Bonchev–Trinajstić information content (AvgIpc) is 2.93. The van der Waals surface area contributed by atoms with E-state index in [0.29, 0.717) is 6.10 Å². The zero-order valence-electron chi connectivity index (χ0n) is 13.4. The van der Waals surface area contributed by atoms with Gasteiger partial charge in [0.05, 0.1) is 6.10 Å². The fraction of sp³-hybridized carbons (Fsp3) is 0.933. The minimum Gasteiger partial charge on any atom is -0.378 e. The van der Waals surface area contributed by atoms with Crippen molar-refractivity contribution in [2.45, 2.75) is 58.0 Å². The summed E-state index contributed by atoms with van der Waals surface area (Å²) in [6.07, 6.45) is 9.22. The standard InChI is InChI=1S/C15H31N3O.HI/c1-4-5-12-18(3)15(16-2)17-11-8-13-19-14-9-6-7-10-14;/h14H,4-13H2,1-3H3,(H,16,17);1H. The molecule has 1 N–H and O–H groups in total. The SMILES string of the molecule is CCCCN(C)C(=NC)NCCCOC1CCCC1.I. The molecule has 0 spiro atoms. The predicted molar refractivity (Wildman–Crippen MR) is 97.1 cm³/mol. The van der Waals surface area contributed by atoms with Crippen LogP contribution >= 0.6 is 24.0 Å². The molecule has 0 aromatic carbocycles. The minimum atomic E-state index is 0. The van der Waals surface area contributed by atoms with Crippen LogP contribution in [-0.2, 0) is 4.74 Å². The van der Waals surface area contributed by atoms with Gasteiger partial charge in [0.1, 0.15) is 0 Å². The van der Waals surface area contributed by atoms with E-state index in [1.54, 1.807) is 0 Å². The number of aliphatic imine (C=N–C) groups is 1. The number of ether oxygens (including phenoxy) is 1. The maximum absolute atomic E-state index is 5.85. The minimum absolute atomic E-state index is 0. The van der Waals surface area contributed by atoms with Gasteiger partial charge in [-0.25, -0.2) is 0 Å². The first-order chi connectivity index (χ1) is 9.27. The summed E-state index contributed by atoms with van der Waals surface area (Å²) in [5, 5.41) is 3.40. The number of guanidine groups is 1. The van der Waals surface area contributed by atoms with E-state index in [1.807, 2.05) is 7.05 Å². The molecule has 0 aliphatic heterocycles. The van der Waals surface area contributed by atoms with Crippen molar-refractivity contribution in [3.63, 3.8) is 0 Å². The lowest BCUT2D eigenvalue weighted by molar-refractivity contribution is 0.0573. The van der Waals surface area contributed by atoms with Crippen molar-refractivity contribution in [1.82, 2.24) is 10.2 Å². The topological polar surface area (TPSA) is 36.9 Å². The molecule has 1 fully saturated rings. The molecule has 0 bridgehead atoms. The zero-order valence-corrected chi connectivity index (χ0v) is 15.7. The third-order valence-electron chi connectivity index (χ3n) is 3.68. The van der Waals surface area contributed by atoms with Crippen LogP contribution in [0.5, 0.6) is 0 Å². The van der Waals surface area contributed by atoms with Gasteiger partial charge in [0.2, 0.25) is 0 Å². The smallest absolute Gasteiger partial charge is 0.193 e. The van der Waals surface area contributed by atoms with Gasteiger partial charge in [0.25, 0.3) is 0 Å². The van der Waals surface area contributed by atoms with Gasteiger partial charge in [-0.2, -0.15) is 0 Å². The second-order valence-corrected chi connectivity index (χ2v) is 5.38. The van der Waals surface area contributed by atoms with Crippen molar-refractivity contribution in [1.29, 1.82) is 0 Å². The Morgan fingerprint density at radius 1 is 1.30 bits per heavy atom. The molecule has 0 amide bonds. The van der Waals surface area contributed by atoms with Gasteiger partial charge in [0.15, 0.2) is 5.96 Å². The molecule has 5 heteroatoms. The lowest BCUT2D eigenvalue weighted by Gasteiger charge is -2.22. The van der Waals surface area contributed by atoms with E-state index in [0.717, 1.165) is 32.1 Å². The molecule has 20 heavy (non-hydrogen) atoms. The summed E-state index contributed by atoms with van der Waals surface area (Å²) in [5.41, 5.74) is 0. The Morgan fingerprint density at radius 3 is 2.60 bits per heavy atom. The van der Waals surface area contributed by atoms with Crippen LogP contribution < -0.4 is 5.32 Å². The number of unbranched alkanes of at least 4 members (excludes halogenated alkanes) is 1. The molecule has 0 radical (unpaired) electrons. The summed E-state index contributed by atoms with van der Waals surface area (Å²) < 4.78 is 5.85. The Labute approximate surface area is 141 Å². The van der Waals surface area contributed by atoms with Crippen molar-refractivity contribution in [2.24, 2.45) is 4.99 Å². The summed E-state index contributed by atoms with van der Waals surface area (Å²) in [5.74, 6) is 0.995. The number of hydrogen-bond acceptors (Lipinski definition) is 2. The molecule has 0 unspecified atom stereocenters. The first-order valence-electron chi connectivity index (χ1n) is 7.81. The van der Waals surface area contributed by atoms with Crippen LogP contribution in [0.4, 0.5) is 0 Å². The Bertz CT molecular complexity index is 256. The van der Waals surface area contributed by atoms with E-state index in [1.165, 1.54) is 38.5 Å². The van der Waals surface area contributed by atoms with Gasteiger partial charge >= 0.3 is 0 Å². The lowest BCUT2D eigenvalue weighted by Crippen LogP contribution is -2.40. The number of nitrogens with zero attached hydrogens (tertiary/aromatic N) is 2. The quantitative estimate of drug-likeness (QED) is 0.296. The van der Waals surface area contributed by atoms with Gasteiger partial charge in [0, 0.05) is 33.8 Å². The van der Waals surface area contributed by atoms with E-state index in [9.17, 15) is 0 Å². The third kappa shape index (κ3) is 8.29. The number of rotatable bonds is 8. The van der Waals surface area contributed by atoms with Gasteiger partial charge in [-0.05, 0) is 25.7 Å². The highest BCUT2D eigenvalue weighted by Gasteiger charge is 2.14. The van der Waals surface area contributed by atoms with E-state index in [2.05, 4.69) is 29.2 Å². The van der Waals surface area contributed by atoms with Crippen molar-refractivity contribution in [3.05, 3.63) is 0 Å². The first kappa shape index (κ1) is 20.0.